The average Bonchev–Trinajstić information content (AvgIpc) is 1.89. The molecule has 0 heterocycles. The van der Waals surface area contributed by atoms with Crippen LogP contribution in [-0.2, 0) is 0 Å². The van der Waals surface area contributed by atoms with Crippen molar-refractivity contribution in [3.8, 4) is 0 Å². The van der Waals surface area contributed by atoms with Gasteiger partial charge in [0.25, 0.3) is 0 Å². The van der Waals surface area contributed by atoms with Crippen molar-refractivity contribution in [2.24, 2.45) is 5.73 Å². The Morgan fingerprint density at radius 1 is 1.56 bits per heavy atom. The summed E-state index contributed by atoms with van der Waals surface area (Å²) in [6, 6.07) is 0. The minimum absolute atomic E-state index is 0.869. The second-order valence-electron chi connectivity index (χ2n) is 1.52. The minimum Gasteiger partial charge on any atom is -0.405 e. The number of hydrogen-bond donors (Lipinski definition) is 2. The third-order valence-corrected chi connectivity index (χ3v) is 0.841. The van der Waals surface area contributed by atoms with Crippen molar-refractivity contribution < 1.29 is 0 Å². The molecule has 2 heteroatoms. The lowest BCUT2D eigenvalue weighted by molar-refractivity contribution is 1.04. The van der Waals surface area contributed by atoms with Gasteiger partial charge in [-0.25, -0.2) is 0 Å². The number of nitrogens with two attached hydrogens (primary N) is 1. The van der Waals surface area contributed by atoms with Crippen LogP contribution in [0.25, 0.3) is 0 Å². The molecule has 0 aliphatic heterocycles. The molecule has 0 aromatic carbocycles. The molecule has 50 valence electrons. The Bertz CT molecular complexity index is 134. The minimum atomic E-state index is 0.869. The smallest absolute Gasteiger partial charge is 0.0264 e. The van der Waals surface area contributed by atoms with Gasteiger partial charge in [-0.05, 0) is 18.4 Å². The molecule has 0 bridgehead atoms. The first-order valence-corrected chi connectivity index (χ1v) is 2.73. The van der Waals surface area contributed by atoms with Crippen molar-refractivity contribution in [3.63, 3.8) is 0 Å². The molecule has 0 aromatic heterocycles. The van der Waals surface area contributed by atoms with E-state index < -0.39 is 0 Å². The normalized spacial score (nSPS) is 10.8. The Balaban J connectivity index is 3.57. The lowest BCUT2D eigenvalue weighted by atomic mass is 10.4. The topological polar surface area (TPSA) is 38.0 Å². The highest BCUT2D eigenvalue weighted by Gasteiger charge is 1.73. The van der Waals surface area contributed by atoms with Crippen LogP contribution in [0, 0.1) is 0 Å². The van der Waals surface area contributed by atoms with E-state index in [9.17, 15) is 0 Å². The van der Waals surface area contributed by atoms with E-state index in [2.05, 4.69) is 11.9 Å². The summed E-state index contributed by atoms with van der Waals surface area (Å²) in [6.07, 6.45) is 6.87. The largest absolute Gasteiger partial charge is 0.405 e. The highest BCUT2D eigenvalue weighted by atomic mass is 14.8. The second kappa shape index (κ2) is 4.97. The van der Waals surface area contributed by atoms with E-state index in [4.69, 9.17) is 5.73 Å². The molecule has 0 saturated carbocycles. The first-order chi connectivity index (χ1) is 4.31. The fraction of sp³-hybridized carbons (Fsp3) is 0.143. The average molecular weight is 124 g/mol. The molecule has 3 N–H and O–H groups in total. The van der Waals surface area contributed by atoms with Gasteiger partial charge in [0.1, 0.15) is 0 Å². The monoisotopic (exact) mass is 124 g/mol. The van der Waals surface area contributed by atoms with Crippen molar-refractivity contribution in [3.05, 3.63) is 36.7 Å². The lowest BCUT2D eigenvalue weighted by Crippen LogP contribution is -2.00. The van der Waals surface area contributed by atoms with E-state index in [1.807, 2.05) is 19.2 Å². The maximum Gasteiger partial charge on any atom is 0.0264 e. The molecule has 0 aliphatic rings. The van der Waals surface area contributed by atoms with Crippen LogP contribution >= 0.6 is 0 Å². The van der Waals surface area contributed by atoms with Crippen molar-refractivity contribution in [2.45, 2.75) is 0 Å². The molecule has 2 nitrogen and oxygen atoms in total. The molecule has 0 fully saturated rings. The van der Waals surface area contributed by atoms with Gasteiger partial charge in [0, 0.05) is 12.7 Å². The molecule has 0 amide bonds. The molecule has 0 rings (SSSR count). The molecule has 0 spiro atoms. The Morgan fingerprint density at radius 3 is 2.67 bits per heavy atom. The van der Waals surface area contributed by atoms with Crippen LogP contribution < -0.4 is 11.1 Å². The molecule has 0 aliphatic carbocycles. The van der Waals surface area contributed by atoms with Gasteiger partial charge >= 0.3 is 0 Å². The van der Waals surface area contributed by atoms with Crippen LogP contribution in [0.5, 0.6) is 0 Å². The van der Waals surface area contributed by atoms with Gasteiger partial charge in [-0.2, -0.15) is 0 Å². The van der Waals surface area contributed by atoms with Crippen LogP contribution in [-0.4, -0.2) is 7.05 Å². The summed E-state index contributed by atoms with van der Waals surface area (Å²) < 4.78 is 0. The van der Waals surface area contributed by atoms with E-state index in [1.165, 1.54) is 6.20 Å². The van der Waals surface area contributed by atoms with Crippen LogP contribution in [0.15, 0.2) is 36.7 Å². The predicted octanol–water partition coefficient (Wildman–Crippen LogP) is 0.748. The molecule has 0 atom stereocenters. The highest BCUT2D eigenvalue weighted by Crippen LogP contribution is 1.84. The summed E-state index contributed by atoms with van der Waals surface area (Å²) >= 11 is 0. The molecular weight excluding hydrogens is 112 g/mol. The highest BCUT2D eigenvalue weighted by molar-refractivity contribution is 5.16. The Morgan fingerprint density at radius 2 is 2.22 bits per heavy atom. The summed E-state index contributed by atoms with van der Waals surface area (Å²) in [5.74, 6) is 0. The van der Waals surface area contributed by atoms with Crippen molar-refractivity contribution >= 4 is 0 Å². The lowest BCUT2D eigenvalue weighted by Gasteiger charge is -1.92. The maximum atomic E-state index is 5.07. The molecule has 9 heavy (non-hydrogen) atoms. The van der Waals surface area contributed by atoms with E-state index in [0.717, 1.165) is 5.70 Å². The van der Waals surface area contributed by atoms with Crippen LogP contribution in [0.2, 0.25) is 0 Å². The number of rotatable bonds is 3. The van der Waals surface area contributed by atoms with E-state index >= 15 is 0 Å². The standard InChI is InChI=1S/C7H12N2/c1-7(9-2)5-3-4-6-8/h3-6,9H,1,8H2,2H3/b5-3-,6-4-. The van der Waals surface area contributed by atoms with Crippen LogP contribution in [0.3, 0.4) is 0 Å². The van der Waals surface area contributed by atoms with E-state index in [-0.39, 0.29) is 0 Å². The molecule has 0 aromatic rings. The molecule has 0 unspecified atom stereocenters. The zero-order valence-corrected chi connectivity index (χ0v) is 5.59. The Kier molecular flexibility index (Phi) is 4.32. The third-order valence-electron chi connectivity index (χ3n) is 0.841. The summed E-state index contributed by atoms with van der Waals surface area (Å²) in [5, 5.41) is 2.87. The van der Waals surface area contributed by atoms with Crippen molar-refractivity contribution in [1.29, 1.82) is 0 Å². The fourth-order valence-electron chi connectivity index (χ4n) is 0.319. The first-order valence-electron chi connectivity index (χ1n) is 2.73. The maximum absolute atomic E-state index is 5.07. The van der Waals surface area contributed by atoms with Crippen molar-refractivity contribution in [1.82, 2.24) is 5.32 Å². The Labute approximate surface area is 55.7 Å². The van der Waals surface area contributed by atoms with Gasteiger partial charge in [0.15, 0.2) is 0 Å². The summed E-state index contributed by atoms with van der Waals surface area (Å²) in [4.78, 5) is 0. The van der Waals surface area contributed by atoms with Gasteiger partial charge in [0.05, 0.1) is 0 Å². The molecule has 0 saturated heterocycles. The van der Waals surface area contributed by atoms with Gasteiger partial charge in [-0.3, -0.25) is 0 Å². The number of hydrogen-bond acceptors (Lipinski definition) is 2. The first kappa shape index (κ1) is 7.82. The van der Waals surface area contributed by atoms with E-state index in [0.29, 0.717) is 0 Å². The van der Waals surface area contributed by atoms with Gasteiger partial charge in [-0.15, -0.1) is 0 Å². The predicted molar refractivity (Wildman–Crippen MR) is 40.7 cm³/mol. The van der Waals surface area contributed by atoms with Gasteiger partial charge in [0.2, 0.25) is 0 Å². The number of likely N-dealkylation sites (N-methyl/N-ethyl adjacent to an activating group) is 1. The SMILES string of the molecule is C=C(/C=C\C=C/N)NC. The fourth-order valence-corrected chi connectivity index (χ4v) is 0.319. The quantitative estimate of drug-likeness (QED) is 0.545. The Hall–Kier alpha value is -1.18. The van der Waals surface area contributed by atoms with Gasteiger partial charge in [-0.1, -0.05) is 12.7 Å². The molecular formula is C7H12N2. The number of allylic oxidation sites excluding steroid dienone is 3. The summed E-state index contributed by atoms with van der Waals surface area (Å²) in [5.41, 5.74) is 5.94. The second-order valence-corrected chi connectivity index (χ2v) is 1.52. The van der Waals surface area contributed by atoms with Crippen molar-refractivity contribution in [2.75, 3.05) is 7.05 Å². The van der Waals surface area contributed by atoms with Crippen LogP contribution in [0.4, 0.5) is 0 Å². The third kappa shape index (κ3) is 4.68. The summed E-state index contributed by atoms with van der Waals surface area (Å²) in [7, 11) is 1.82. The zero-order valence-electron chi connectivity index (χ0n) is 5.59. The zero-order chi connectivity index (χ0) is 7.11. The van der Waals surface area contributed by atoms with Crippen LogP contribution in [0.1, 0.15) is 0 Å². The van der Waals surface area contributed by atoms with Gasteiger partial charge < -0.3 is 11.1 Å². The number of nitrogens with one attached hydrogen (secondary N) is 1. The molecule has 0 radical (unpaired) electrons. The van der Waals surface area contributed by atoms with E-state index in [1.54, 1.807) is 6.08 Å². The summed E-state index contributed by atoms with van der Waals surface area (Å²) in [6.45, 7) is 3.67.